The number of primary amides is 1. The van der Waals surface area contributed by atoms with Gasteiger partial charge in [-0.2, -0.15) is 0 Å². The zero-order valence-corrected chi connectivity index (χ0v) is 10.1. The molecule has 0 radical (unpaired) electrons. The average Bonchev–Trinajstić information content (AvgIpc) is 2.76. The van der Waals surface area contributed by atoms with E-state index in [0.29, 0.717) is 5.56 Å². The van der Waals surface area contributed by atoms with Gasteiger partial charge in [0.2, 0.25) is 0 Å². The summed E-state index contributed by atoms with van der Waals surface area (Å²) in [6.45, 7) is 0. The van der Waals surface area contributed by atoms with Crippen molar-refractivity contribution in [1.29, 1.82) is 0 Å². The summed E-state index contributed by atoms with van der Waals surface area (Å²) >= 11 is 3.17. The lowest BCUT2D eigenvalue weighted by molar-refractivity contribution is 0.0998. The van der Waals surface area contributed by atoms with Gasteiger partial charge in [-0.25, -0.2) is 0 Å². The van der Waals surface area contributed by atoms with Crippen LogP contribution in [0.25, 0.3) is 0 Å². The Hall–Kier alpha value is -1.33. The first-order valence-electron chi connectivity index (χ1n) is 4.66. The Balaban J connectivity index is 2.05. The van der Waals surface area contributed by atoms with Crippen LogP contribution in [-0.4, -0.2) is 10.9 Å². The molecule has 0 atom stereocenters. The second kappa shape index (κ2) is 5.14. The fourth-order valence-electron chi connectivity index (χ4n) is 1.22. The van der Waals surface area contributed by atoms with E-state index in [-0.39, 0.29) is 5.91 Å². The van der Waals surface area contributed by atoms with Gasteiger partial charge in [0.25, 0.3) is 5.91 Å². The van der Waals surface area contributed by atoms with Gasteiger partial charge in [0.15, 0.2) is 0 Å². The van der Waals surface area contributed by atoms with E-state index < -0.39 is 0 Å². The summed E-state index contributed by atoms with van der Waals surface area (Å²) in [5.41, 5.74) is 7.07. The molecule has 0 aromatic carbocycles. The predicted molar refractivity (Wildman–Crippen MR) is 66.6 cm³/mol. The van der Waals surface area contributed by atoms with Crippen molar-refractivity contribution in [2.24, 2.45) is 5.73 Å². The lowest BCUT2D eigenvalue weighted by Gasteiger charge is -2.00. The molecule has 2 rings (SSSR count). The van der Waals surface area contributed by atoms with Crippen LogP contribution in [0.15, 0.2) is 40.2 Å². The third kappa shape index (κ3) is 2.62. The van der Waals surface area contributed by atoms with Gasteiger partial charge < -0.3 is 5.73 Å². The van der Waals surface area contributed by atoms with E-state index >= 15 is 0 Å². The van der Waals surface area contributed by atoms with E-state index in [1.807, 2.05) is 17.5 Å². The van der Waals surface area contributed by atoms with E-state index in [2.05, 4.69) is 4.98 Å². The third-order valence-corrected chi connectivity index (χ3v) is 4.32. The van der Waals surface area contributed by atoms with Gasteiger partial charge >= 0.3 is 0 Å². The number of thiophene rings is 1. The summed E-state index contributed by atoms with van der Waals surface area (Å²) in [7, 11) is 0. The topological polar surface area (TPSA) is 56.0 Å². The summed E-state index contributed by atoms with van der Waals surface area (Å²) < 4.78 is 0.976. The van der Waals surface area contributed by atoms with Crippen molar-refractivity contribution in [2.75, 3.05) is 0 Å². The molecule has 0 saturated heterocycles. The third-order valence-electron chi connectivity index (χ3n) is 2.01. The minimum Gasteiger partial charge on any atom is -0.366 e. The second-order valence-corrected chi connectivity index (χ2v) is 5.29. The Bertz CT molecular complexity index is 482. The minimum absolute atomic E-state index is 0.363. The van der Waals surface area contributed by atoms with Gasteiger partial charge in [-0.1, -0.05) is 0 Å². The van der Waals surface area contributed by atoms with Crippen molar-refractivity contribution in [3.8, 4) is 0 Å². The molecule has 3 nitrogen and oxygen atoms in total. The molecule has 2 N–H and O–H groups in total. The van der Waals surface area contributed by atoms with Gasteiger partial charge in [0.05, 0.1) is 9.77 Å². The van der Waals surface area contributed by atoms with Crippen molar-refractivity contribution in [1.82, 2.24) is 4.98 Å². The lowest BCUT2D eigenvalue weighted by Crippen LogP contribution is -2.10. The van der Waals surface area contributed by atoms with Crippen LogP contribution < -0.4 is 5.73 Å². The van der Waals surface area contributed by atoms with Crippen molar-refractivity contribution in [3.05, 3.63) is 47.1 Å². The first kappa shape index (κ1) is 11.2. The number of amides is 1. The van der Waals surface area contributed by atoms with Gasteiger partial charge in [0, 0.05) is 18.1 Å². The number of pyridine rings is 1. The van der Waals surface area contributed by atoms with Crippen LogP contribution in [0.4, 0.5) is 0 Å². The summed E-state index contributed by atoms with van der Waals surface area (Å²) in [5.74, 6) is 0.460. The average molecular weight is 250 g/mol. The molecule has 82 valence electrons. The normalized spacial score (nSPS) is 10.2. The molecule has 2 aromatic heterocycles. The Morgan fingerprint density at radius 2 is 2.12 bits per heavy atom. The van der Waals surface area contributed by atoms with Gasteiger partial charge in [-0.05, 0) is 29.1 Å². The second-order valence-electron chi connectivity index (χ2n) is 3.13. The van der Waals surface area contributed by atoms with Crippen molar-refractivity contribution >= 4 is 29.0 Å². The van der Waals surface area contributed by atoms with E-state index in [1.54, 1.807) is 41.6 Å². The maximum absolute atomic E-state index is 11.1. The fraction of sp³-hybridized carbons (Fsp3) is 0.0909. The van der Waals surface area contributed by atoms with E-state index in [4.69, 9.17) is 5.73 Å². The highest BCUT2D eigenvalue weighted by molar-refractivity contribution is 8.00. The van der Waals surface area contributed by atoms with E-state index in [0.717, 1.165) is 9.96 Å². The molecule has 0 aliphatic heterocycles. The molecular formula is C11H10N2OS2. The molecule has 0 bridgehead atoms. The van der Waals surface area contributed by atoms with Gasteiger partial charge in [0.1, 0.15) is 0 Å². The monoisotopic (exact) mass is 250 g/mol. The highest BCUT2D eigenvalue weighted by Crippen LogP contribution is 2.30. The number of nitrogens with zero attached hydrogens (tertiary/aromatic N) is 1. The first-order chi connectivity index (χ1) is 7.77. The maximum Gasteiger partial charge on any atom is 0.250 e. The molecular weight excluding hydrogens is 240 g/mol. The molecule has 2 heterocycles. The van der Waals surface area contributed by atoms with Crippen LogP contribution in [0.3, 0.4) is 0 Å². The first-order valence-corrected chi connectivity index (χ1v) is 6.53. The van der Waals surface area contributed by atoms with Crippen LogP contribution in [0.1, 0.15) is 15.9 Å². The number of carbonyl (C=O) groups excluding carboxylic acids is 1. The summed E-state index contributed by atoms with van der Waals surface area (Å²) in [5, 5.41) is 1.88. The Kier molecular flexibility index (Phi) is 3.58. The molecule has 5 heteroatoms. The number of nitrogens with two attached hydrogens (primary N) is 1. The highest BCUT2D eigenvalue weighted by Gasteiger charge is 2.09. The zero-order valence-electron chi connectivity index (χ0n) is 8.42. The molecule has 0 fully saturated rings. The van der Waals surface area contributed by atoms with Crippen LogP contribution in [-0.2, 0) is 5.75 Å². The Labute approximate surface area is 102 Å². The molecule has 0 aliphatic rings. The molecule has 0 spiro atoms. The number of rotatable bonds is 4. The number of hydrogen-bond donors (Lipinski definition) is 1. The van der Waals surface area contributed by atoms with Crippen LogP contribution >= 0.6 is 23.1 Å². The lowest BCUT2D eigenvalue weighted by atomic mass is 10.3. The fourth-order valence-corrected chi connectivity index (χ4v) is 3.27. The van der Waals surface area contributed by atoms with Gasteiger partial charge in [-0.15, -0.1) is 23.1 Å². The Morgan fingerprint density at radius 1 is 1.38 bits per heavy atom. The van der Waals surface area contributed by atoms with E-state index in [1.165, 1.54) is 5.56 Å². The predicted octanol–water partition coefficient (Wildman–Crippen LogP) is 2.53. The molecule has 1 amide bonds. The summed E-state index contributed by atoms with van der Waals surface area (Å²) in [4.78, 5) is 15.1. The molecule has 0 aliphatic carbocycles. The molecule has 2 aromatic rings. The smallest absolute Gasteiger partial charge is 0.250 e. The molecule has 0 unspecified atom stereocenters. The van der Waals surface area contributed by atoms with Crippen LogP contribution in [0.2, 0.25) is 0 Å². The summed E-state index contributed by atoms with van der Waals surface area (Å²) in [6, 6.07) is 5.69. The quantitative estimate of drug-likeness (QED) is 0.848. The van der Waals surface area contributed by atoms with Crippen molar-refractivity contribution in [3.63, 3.8) is 0 Å². The highest BCUT2D eigenvalue weighted by atomic mass is 32.2. The van der Waals surface area contributed by atoms with Crippen LogP contribution in [0, 0.1) is 0 Å². The SMILES string of the molecule is NC(=O)c1ccsc1SCc1ccncc1. The number of hydrogen-bond acceptors (Lipinski definition) is 4. The van der Waals surface area contributed by atoms with Crippen molar-refractivity contribution < 1.29 is 4.79 Å². The van der Waals surface area contributed by atoms with E-state index in [9.17, 15) is 4.79 Å². The minimum atomic E-state index is -0.363. The largest absolute Gasteiger partial charge is 0.366 e. The molecule has 16 heavy (non-hydrogen) atoms. The van der Waals surface area contributed by atoms with Gasteiger partial charge in [-0.3, -0.25) is 9.78 Å². The zero-order chi connectivity index (χ0) is 11.4. The number of aromatic nitrogens is 1. The number of thioether (sulfide) groups is 1. The summed E-state index contributed by atoms with van der Waals surface area (Å²) in [6.07, 6.45) is 3.53. The standard InChI is InChI=1S/C11H10N2OS2/c12-10(14)9-3-6-15-11(9)16-7-8-1-4-13-5-2-8/h1-6H,7H2,(H2,12,14). The molecule has 0 saturated carbocycles. The maximum atomic E-state index is 11.1. The number of carbonyl (C=O) groups is 1. The van der Waals surface area contributed by atoms with Crippen LogP contribution in [0.5, 0.6) is 0 Å². The van der Waals surface area contributed by atoms with Crippen molar-refractivity contribution in [2.45, 2.75) is 9.96 Å². The Morgan fingerprint density at radius 3 is 2.81 bits per heavy atom.